The van der Waals surface area contributed by atoms with Crippen molar-refractivity contribution in [2.24, 2.45) is 0 Å². The zero-order valence-corrected chi connectivity index (χ0v) is 13.3. The van der Waals surface area contributed by atoms with Crippen molar-refractivity contribution in [2.75, 3.05) is 12.4 Å². The Kier molecular flexibility index (Phi) is 4.01. The van der Waals surface area contributed by atoms with Crippen molar-refractivity contribution >= 4 is 22.5 Å². The van der Waals surface area contributed by atoms with Gasteiger partial charge in [-0.3, -0.25) is 9.48 Å². The summed E-state index contributed by atoms with van der Waals surface area (Å²) in [6.07, 6.45) is 2.08. The van der Waals surface area contributed by atoms with Crippen molar-refractivity contribution in [3.63, 3.8) is 0 Å². The molecule has 0 aliphatic carbocycles. The van der Waals surface area contributed by atoms with Gasteiger partial charge in [0.2, 0.25) is 5.91 Å². The number of aryl methyl sites for hydroxylation is 3. The third kappa shape index (κ3) is 3.03. The van der Waals surface area contributed by atoms with Gasteiger partial charge in [0.25, 0.3) is 0 Å². The molecule has 0 bridgehead atoms. The van der Waals surface area contributed by atoms with E-state index in [9.17, 15) is 4.79 Å². The number of hydrogen-bond acceptors (Lipinski definition) is 5. The summed E-state index contributed by atoms with van der Waals surface area (Å²) in [5.74, 6) is 1.29. The second-order valence-electron chi connectivity index (χ2n) is 5.29. The number of rotatable bonds is 5. The number of carbonyl (C=O) groups is 1. The Morgan fingerprint density at radius 2 is 2.22 bits per heavy atom. The fourth-order valence-electron chi connectivity index (χ4n) is 2.44. The van der Waals surface area contributed by atoms with Crippen molar-refractivity contribution in [1.29, 1.82) is 0 Å². The lowest BCUT2D eigenvalue weighted by atomic mass is 10.2. The molecule has 0 saturated carbocycles. The van der Waals surface area contributed by atoms with Crippen LogP contribution in [0, 0.1) is 13.8 Å². The number of aromatic nitrogens is 3. The Hall–Kier alpha value is -2.83. The second-order valence-corrected chi connectivity index (χ2v) is 5.29. The first kappa shape index (κ1) is 15.1. The highest BCUT2D eigenvalue weighted by Crippen LogP contribution is 2.21. The van der Waals surface area contributed by atoms with Crippen molar-refractivity contribution < 1.29 is 14.1 Å². The van der Waals surface area contributed by atoms with E-state index in [0.717, 1.165) is 16.7 Å². The minimum absolute atomic E-state index is 0.100. The number of anilines is 1. The van der Waals surface area contributed by atoms with Gasteiger partial charge in [0.1, 0.15) is 17.1 Å². The van der Waals surface area contributed by atoms with Crippen LogP contribution < -0.4 is 10.1 Å². The number of benzene rings is 1. The SMILES string of the molecule is COc1ccc2c(cnn2CCC(=O)Nc2c(C)noc2C)c1. The van der Waals surface area contributed by atoms with E-state index in [0.29, 0.717) is 30.1 Å². The van der Waals surface area contributed by atoms with E-state index in [1.54, 1.807) is 27.2 Å². The molecule has 0 fully saturated rings. The average Bonchev–Trinajstić information content (AvgIpc) is 3.10. The van der Waals surface area contributed by atoms with Crippen molar-refractivity contribution in [3.8, 4) is 5.75 Å². The summed E-state index contributed by atoms with van der Waals surface area (Å²) in [7, 11) is 1.63. The lowest BCUT2D eigenvalue weighted by Crippen LogP contribution is -2.15. The van der Waals surface area contributed by atoms with E-state index in [1.807, 2.05) is 22.9 Å². The monoisotopic (exact) mass is 314 g/mol. The fraction of sp³-hybridized carbons (Fsp3) is 0.312. The summed E-state index contributed by atoms with van der Waals surface area (Å²) in [4.78, 5) is 12.1. The smallest absolute Gasteiger partial charge is 0.226 e. The third-order valence-electron chi connectivity index (χ3n) is 3.70. The molecule has 7 heteroatoms. The highest BCUT2D eigenvalue weighted by atomic mass is 16.5. The Morgan fingerprint density at radius 1 is 1.39 bits per heavy atom. The zero-order valence-electron chi connectivity index (χ0n) is 13.3. The van der Waals surface area contributed by atoms with Gasteiger partial charge in [0.05, 0.1) is 25.4 Å². The third-order valence-corrected chi connectivity index (χ3v) is 3.70. The second kappa shape index (κ2) is 6.12. The Labute approximate surface area is 133 Å². The summed E-state index contributed by atoms with van der Waals surface area (Å²) in [5.41, 5.74) is 2.29. The highest BCUT2D eigenvalue weighted by molar-refractivity contribution is 5.91. The topological polar surface area (TPSA) is 82.2 Å². The van der Waals surface area contributed by atoms with E-state index < -0.39 is 0 Å². The van der Waals surface area contributed by atoms with Crippen LogP contribution in [0.2, 0.25) is 0 Å². The van der Waals surface area contributed by atoms with E-state index in [-0.39, 0.29) is 5.91 Å². The van der Waals surface area contributed by atoms with Crippen LogP contribution in [0.3, 0.4) is 0 Å². The molecule has 2 heterocycles. The van der Waals surface area contributed by atoms with E-state index in [2.05, 4.69) is 15.6 Å². The van der Waals surface area contributed by atoms with Crippen LogP contribution in [0.1, 0.15) is 17.9 Å². The predicted octanol–water partition coefficient (Wildman–Crippen LogP) is 2.68. The zero-order chi connectivity index (χ0) is 16.4. The summed E-state index contributed by atoms with van der Waals surface area (Å²) in [5, 5.41) is 12.0. The molecule has 23 heavy (non-hydrogen) atoms. The molecular weight excluding hydrogens is 296 g/mol. The first-order chi connectivity index (χ1) is 11.1. The molecular formula is C16H18N4O3. The van der Waals surface area contributed by atoms with Gasteiger partial charge in [-0.1, -0.05) is 5.16 Å². The van der Waals surface area contributed by atoms with Crippen LogP contribution in [-0.2, 0) is 11.3 Å². The van der Waals surface area contributed by atoms with Gasteiger partial charge in [-0.05, 0) is 32.0 Å². The number of fused-ring (bicyclic) bond motifs is 1. The molecule has 3 aromatic rings. The molecule has 120 valence electrons. The molecule has 0 atom stereocenters. The number of amides is 1. The van der Waals surface area contributed by atoms with Gasteiger partial charge >= 0.3 is 0 Å². The fourth-order valence-corrected chi connectivity index (χ4v) is 2.44. The molecule has 0 spiro atoms. The predicted molar refractivity (Wildman–Crippen MR) is 85.5 cm³/mol. The Bertz CT molecular complexity index is 831. The molecule has 0 aliphatic heterocycles. The van der Waals surface area contributed by atoms with Crippen LogP contribution in [0.25, 0.3) is 10.9 Å². The maximum Gasteiger partial charge on any atom is 0.226 e. The molecule has 2 aromatic heterocycles. The maximum atomic E-state index is 12.1. The maximum absolute atomic E-state index is 12.1. The first-order valence-corrected chi connectivity index (χ1v) is 7.31. The summed E-state index contributed by atoms with van der Waals surface area (Å²) >= 11 is 0. The molecule has 0 saturated heterocycles. The number of carbonyl (C=O) groups excluding carboxylic acids is 1. The molecule has 0 aliphatic rings. The van der Waals surface area contributed by atoms with Crippen LogP contribution >= 0.6 is 0 Å². The number of nitrogens with zero attached hydrogens (tertiary/aromatic N) is 3. The largest absolute Gasteiger partial charge is 0.497 e. The lowest BCUT2D eigenvalue weighted by molar-refractivity contribution is -0.116. The minimum Gasteiger partial charge on any atom is -0.497 e. The van der Waals surface area contributed by atoms with Gasteiger partial charge in [0, 0.05) is 11.8 Å². The molecule has 0 radical (unpaired) electrons. The molecule has 3 rings (SSSR count). The van der Waals surface area contributed by atoms with Crippen molar-refractivity contribution in [1.82, 2.24) is 14.9 Å². The standard InChI is InChI=1S/C16H18N4O3/c1-10-16(11(2)23-19-10)18-15(21)6-7-20-14-5-4-13(22-3)8-12(14)9-17-20/h4-5,8-9H,6-7H2,1-3H3,(H,18,21). The number of nitrogens with one attached hydrogen (secondary N) is 1. The summed E-state index contributed by atoms with van der Waals surface area (Å²) in [6.45, 7) is 4.05. The van der Waals surface area contributed by atoms with E-state index in [4.69, 9.17) is 9.26 Å². The molecule has 7 nitrogen and oxygen atoms in total. The van der Waals surface area contributed by atoms with Gasteiger partial charge in [-0.25, -0.2) is 0 Å². The molecule has 1 amide bonds. The first-order valence-electron chi connectivity index (χ1n) is 7.31. The number of ether oxygens (including phenoxy) is 1. The quantitative estimate of drug-likeness (QED) is 0.783. The number of methoxy groups -OCH3 is 1. The van der Waals surface area contributed by atoms with Crippen molar-refractivity contribution in [3.05, 3.63) is 35.9 Å². The van der Waals surface area contributed by atoms with Crippen LogP contribution in [0.15, 0.2) is 28.9 Å². The molecule has 1 N–H and O–H groups in total. The molecule has 1 aromatic carbocycles. The van der Waals surface area contributed by atoms with Crippen molar-refractivity contribution in [2.45, 2.75) is 26.8 Å². The summed E-state index contributed by atoms with van der Waals surface area (Å²) < 4.78 is 12.0. The van der Waals surface area contributed by atoms with E-state index >= 15 is 0 Å². The normalized spacial score (nSPS) is 10.9. The van der Waals surface area contributed by atoms with Gasteiger partial charge in [-0.15, -0.1) is 0 Å². The molecule has 0 unspecified atom stereocenters. The van der Waals surface area contributed by atoms with Gasteiger partial charge in [-0.2, -0.15) is 5.10 Å². The van der Waals surface area contributed by atoms with E-state index in [1.165, 1.54) is 0 Å². The summed E-state index contributed by atoms with van der Waals surface area (Å²) in [6, 6.07) is 5.74. The number of hydrogen-bond donors (Lipinski definition) is 1. The van der Waals surface area contributed by atoms with Crippen LogP contribution in [-0.4, -0.2) is 28.0 Å². The lowest BCUT2D eigenvalue weighted by Gasteiger charge is -2.06. The Morgan fingerprint density at radius 3 is 2.91 bits per heavy atom. The Balaban J connectivity index is 1.67. The van der Waals surface area contributed by atoms with Gasteiger partial charge in [0.15, 0.2) is 5.76 Å². The highest BCUT2D eigenvalue weighted by Gasteiger charge is 2.13. The van der Waals surface area contributed by atoms with Gasteiger partial charge < -0.3 is 14.6 Å². The van der Waals surface area contributed by atoms with Crippen LogP contribution in [0.4, 0.5) is 5.69 Å². The minimum atomic E-state index is -0.100. The average molecular weight is 314 g/mol. The van der Waals surface area contributed by atoms with Crippen LogP contribution in [0.5, 0.6) is 5.75 Å².